The number of nitriles is 1. The molecule has 3 aromatic carbocycles. The average Bonchev–Trinajstić information content (AvgIpc) is 3.30. The molecule has 0 spiro atoms. The van der Waals surface area contributed by atoms with Crippen LogP contribution in [-0.4, -0.2) is 17.3 Å². The van der Waals surface area contributed by atoms with Gasteiger partial charge < -0.3 is 19.9 Å². The predicted molar refractivity (Wildman–Crippen MR) is 132 cm³/mol. The summed E-state index contributed by atoms with van der Waals surface area (Å²) in [5.41, 5.74) is 12.0. The van der Waals surface area contributed by atoms with Crippen LogP contribution in [0.5, 0.6) is 17.4 Å². The molecule has 35 heavy (non-hydrogen) atoms. The molecule has 174 valence electrons. The van der Waals surface area contributed by atoms with E-state index in [0.29, 0.717) is 18.1 Å². The maximum absolute atomic E-state index is 9.93. The van der Waals surface area contributed by atoms with Crippen LogP contribution in [0.15, 0.2) is 84.3 Å². The van der Waals surface area contributed by atoms with E-state index in [-0.39, 0.29) is 5.88 Å². The topological polar surface area (TPSA) is 106 Å². The first-order valence-electron chi connectivity index (χ1n) is 11.2. The van der Waals surface area contributed by atoms with Crippen molar-refractivity contribution in [2.24, 2.45) is 5.73 Å². The molecule has 3 N–H and O–H groups in total. The number of fused-ring (bicyclic) bond motifs is 1. The van der Waals surface area contributed by atoms with Crippen LogP contribution in [-0.2, 0) is 6.61 Å². The summed E-state index contributed by atoms with van der Waals surface area (Å²) in [7, 11) is 1.62. The zero-order chi connectivity index (χ0) is 24.4. The molecule has 0 bridgehead atoms. The van der Waals surface area contributed by atoms with E-state index >= 15 is 0 Å². The third-order valence-electron chi connectivity index (χ3n) is 6.02. The van der Waals surface area contributed by atoms with Crippen LogP contribution in [0, 0.1) is 18.3 Å². The van der Waals surface area contributed by atoms with E-state index in [1.165, 1.54) is 5.56 Å². The number of ether oxygens (including phenoxy) is 3. The number of rotatable bonds is 6. The van der Waals surface area contributed by atoms with Crippen molar-refractivity contribution in [1.29, 1.82) is 5.26 Å². The van der Waals surface area contributed by atoms with Gasteiger partial charge in [0.15, 0.2) is 0 Å². The van der Waals surface area contributed by atoms with Crippen molar-refractivity contribution in [3.63, 3.8) is 0 Å². The smallest absolute Gasteiger partial charge is 0.244 e. The van der Waals surface area contributed by atoms with Crippen molar-refractivity contribution in [3.05, 3.63) is 107 Å². The lowest BCUT2D eigenvalue weighted by Crippen LogP contribution is -2.21. The predicted octanol–water partition coefficient (Wildman–Crippen LogP) is 5.19. The highest BCUT2D eigenvalue weighted by molar-refractivity contribution is 5.71. The Hall–Kier alpha value is -4.70. The van der Waals surface area contributed by atoms with Gasteiger partial charge in [-0.1, -0.05) is 42.0 Å². The summed E-state index contributed by atoms with van der Waals surface area (Å²) in [5.74, 6) is 1.46. The van der Waals surface area contributed by atoms with Gasteiger partial charge in [-0.05, 0) is 54.4 Å². The van der Waals surface area contributed by atoms with E-state index in [0.717, 1.165) is 39.4 Å². The number of aryl methyl sites for hydroxylation is 1. The SMILES string of the molecule is COc1ccc(-c2[nH]nc3c2[C@H](c2ccc(OCc4cccc(C)c4)cc2)C(C#N)=C(N)O3)cc1. The van der Waals surface area contributed by atoms with Crippen molar-refractivity contribution in [1.82, 2.24) is 10.2 Å². The number of hydrogen-bond acceptors (Lipinski definition) is 6. The van der Waals surface area contributed by atoms with E-state index in [1.807, 2.05) is 60.7 Å². The van der Waals surface area contributed by atoms with E-state index < -0.39 is 5.92 Å². The molecule has 1 aliphatic rings. The van der Waals surface area contributed by atoms with Gasteiger partial charge >= 0.3 is 0 Å². The normalized spacial score (nSPS) is 14.6. The van der Waals surface area contributed by atoms with E-state index in [4.69, 9.17) is 19.9 Å². The summed E-state index contributed by atoms with van der Waals surface area (Å²) in [6.45, 7) is 2.53. The minimum absolute atomic E-state index is 0.0533. The first-order chi connectivity index (χ1) is 17.1. The zero-order valence-corrected chi connectivity index (χ0v) is 19.4. The number of H-pyrrole nitrogens is 1. The Balaban J connectivity index is 1.48. The van der Waals surface area contributed by atoms with Crippen LogP contribution in [0.2, 0.25) is 0 Å². The molecular weight excluding hydrogens is 440 g/mol. The van der Waals surface area contributed by atoms with Crippen LogP contribution < -0.4 is 19.9 Å². The quantitative estimate of drug-likeness (QED) is 0.407. The molecule has 0 fully saturated rings. The first-order valence-corrected chi connectivity index (χ1v) is 11.2. The fourth-order valence-corrected chi connectivity index (χ4v) is 4.28. The third-order valence-corrected chi connectivity index (χ3v) is 6.02. The van der Waals surface area contributed by atoms with Gasteiger partial charge in [0, 0.05) is 5.56 Å². The molecule has 1 aromatic heterocycles. The average molecular weight is 465 g/mol. The van der Waals surface area contributed by atoms with Gasteiger partial charge in [-0.15, -0.1) is 5.10 Å². The van der Waals surface area contributed by atoms with Crippen molar-refractivity contribution in [2.75, 3.05) is 7.11 Å². The molecule has 7 nitrogen and oxygen atoms in total. The van der Waals surface area contributed by atoms with Gasteiger partial charge in [0.1, 0.15) is 29.7 Å². The number of allylic oxidation sites excluding steroid dienone is 1. The maximum atomic E-state index is 9.93. The summed E-state index contributed by atoms with van der Waals surface area (Å²) in [6.07, 6.45) is 0. The number of nitrogens with zero attached hydrogens (tertiary/aromatic N) is 2. The number of aromatic amines is 1. The van der Waals surface area contributed by atoms with Gasteiger partial charge in [-0.25, -0.2) is 0 Å². The second-order valence-electron chi connectivity index (χ2n) is 8.32. The molecule has 0 aliphatic carbocycles. The lowest BCUT2D eigenvalue weighted by molar-refractivity contribution is 0.306. The van der Waals surface area contributed by atoms with Gasteiger partial charge in [0.25, 0.3) is 0 Å². The van der Waals surface area contributed by atoms with Gasteiger partial charge in [0.05, 0.1) is 24.3 Å². The number of aromatic nitrogens is 2. The molecule has 1 atom stereocenters. The molecule has 0 radical (unpaired) electrons. The standard InChI is InChI=1S/C28H24N4O3/c1-17-4-3-5-18(14-17)16-34-22-12-6-19(7-13-22)24-23(15-29)27(30)35-28-25(24)26(31-32-28)20-8-10-21(33-2)11-9-20/h3-14,24H,16,30H2,1-2H3,(H,31,32)/t24-/m1/s1. The van der Waals surface area contributed by atoms with Crippen LogP contribution >= 0.6 is 0 Å². The summed E-state index contributed by atoms with van der Waals surface area (Å²) in [4.78, 5) is 0. The van der Waals surface area contributed by atoms with Crippen LogP contribution in [0.25, 0.3) is 11.3 Å². The third kappa shape index (κ3) is 4.30. The molecule has 0 saturated carbocycles. The molecule has 0 saturated heterocycles. The zero-order valence-electron chi connectivity index (χ0n) is 19.4. The molecule has 4 aromatic rings. The Morgan fingerprint density at radius 3 is 2.49 bits per heavy atom. The molecule has 0 unspecified atom stereocenters. The lowest BCUT2D eigenvalue weighted by Gasteiger charge is -2.24. The fraction of sp³-hybridized carbons (Fsp3) is 0.143. The second kappa shape index (κ2) is 9.27. The Morgan fingerprint density at radius 1 is 1.06 bits per heavy atom. The highest BCUT2D eigenvalue weighted by Gasteiger charge is 2.35. The summed E-state index contributed by atoms with van der Waals surface area (Å²) < 4.78 is 16.9. The Bertz CT molecular complexity index is 1430. The van der Waals surface area contributed by atoms with Gasteiger partial charge in [-0.2, -0.15) is 5.26 Å². The Labute approximate surface area is 203 Å². The van der Waals surface area contributed by atoms with Gasteiger partial charge in [0.2, 0.25) is 11.8 Å². The number of nitrogens with two attached hydrogens (primary N) is 1. The molecule has 5 rings (SSSR count). The van der Waals surface area contributed by atoms with E-state index in [9.17, 15) is 5.26 Å². The van der Waals surface area contributed by atoms with Crippen LogP contribution in [0.1, 0.15) is 28.2 Å². The van der Waals surface area contributed by atoms with Crippen molar-refractivity contribution in [3.8, 4) is 34.7 Å². The summed E-state index contributed by atoms with van der Waals surface area (Å²) in [5, 5.41) is 17.3. The minimum atomic E-state index is -0.439. The van der Waals surface area contributed by atoms with E-state index in [1.54, 1.807) is 7.11 Å². The monoisotopic (exact) mass is 464 g/mol. The number of hydrogen-bond donors (Lipinski definition) is 2. The van der Waals surface area contributed by atoms with Crippen molar-refractivity contribution >= 4 is 0 Å². The summed E-state index contributed by atoms with van der Waals surface area (Å²) >= 11 is 0. The highest BCUT2D eigenvalue weighted by Crippen LogP contribution is 2.45. The maximum Gasteiger partial charge on any atom is 0.244 e. The minimum Gasteiger partial charge on any atom is -0.497 e. The number of nitrogens with one attached hydrogen (secondary N) is 1. The summed E-state index contributed by atoms with van der Waals surface area (Å²) in [6, 6.07) is 25.7. The van der Waals surface area contributed by atoms with Crippen LogP contribution in [0.4, 0.5) is 0 Å². The van der Waals surface area contributed by atoms with E-state index in [2.05, 4.69) is 35.3 Å². The Kier molecular flexibility index (Phi) is 5.86. The molecule has 1 aliphatic heterocycles. The molecule has 0 amide bonds. The van der Waals surface area contributed by atoms with Crippen molar-refractivity contribution in [2.45, 2.75) is 19.4 Å². The molecule has 2 heterocycles. The lowest BCUT2D eigenvalue weighted by atomic mass is 9.83. The largest absolute Gasteiger partial charge is 0.497 e. The van der Waals surface area contributed by atoms with Crippen molar-refractivity contribution < 1.29 is 14.2 Å². The fourth-order valence-electron chi connectivity index (χ4n) is 4.28. The Morgan fingerprint density at radius 2 is 1.80 bits per heavy atom. The van der Waals surface area contributed by atoms with Crippen LogP contribution in [0.3, 0.4) is 0 Å². The second-order valence-corrected chi connectivity index (χ2v) is 8.32. The molecular formula is C28H24N4O3. The number of methoxy groups -OCH3 is 1. The van der Waals surface area contributed by atoms with Gasteiger partial charge in [-0.3, -0.25) is 5.10 Å². The first kappa shape index (κ1) is 22.1. The molecule has 7 heteroatoms. The highest BCUT2D eigenvalue weighted by atomic mass is 16.5. The number of benzene rings is 3.